The molecule has 6 heteroatoms. The van der Waals surface area contributed by atoms with Crippen LogP contribution in [0, 0.1) is 0 Å². The minimum atomic E-state index is -3.04. The number of nitrogens with zero attached hydrogens (tertiary/aromatic N) is 1. The second kappa shape index (κ2) is 7.22. The molecule has 0 spiro atoms. The molecule has 0 amide bonds. The molecule has 1 fully saturated rings. The van der Waals surface area contributed by atoms with Gasteiger partial charge in [0.15, 0.2) is 0 Å². The molecule has 0 aromatic heterocycles. The molecule has 1 atom stereocenters. The van der Waals surface area contributed by atoms with Crippen LogP contribution in [0.15, 0.2) is 28.7 Å². The molecular weight excluding hydrogens is 352 g/mol. The molecule has 0 aliphatic carbocycles. The zero-order chi connectivity index (χ0) is 15.5. The fourth-order valence-corrected chi connectivity index (χ4v) is 4.10. The van der Waals surface area contributed by atoms with Crippen LogP contribution in [0.5, 0.6) is 0 Å². The number of hydrogen-bond acceptors (Lipinski definition) is 3. The van der Waals surface area contributed by atoms with Crippen LogP contribution in [0.1, 0.15) is 37.8 Å². The lowest BCUT2D eigenvalue weighted by Crippen LogP contribution is -2.45. The third kappa shape index (κ3) is 4.77. The van der Waals surface area contributed by atoms with Crippen LogP contribution in [-0.2, 0) is 10.0 Å². The monoisotopic (exact) mass is 374 g/mol. The summed E-state index contributed by atoms with van der Waals surface area (Å²) in [5.41, 5.74) is 1.28. The summed E-state index contributed by atoms with van der Waals surface area (Å²) in [6, 6.07) is 9.06. The third-order valence-electron chi connectivity index (χ3n) is 4.02. The molecule has 1 unspecified atom stereocenters. The zero-order valence-electron chi connectivity index (χ0n) is 12.5. The predicted octanol–water partition coefficient (Wildman–Crippen LogP) is 2.91. The highest BCUT2D eigenvalue weighted by atomic mass is 79.9. The van der Waals surface area contributed by atoms with Gasteiger partial charge in [0.25, 0.3) is 0 Å². The van der Waals surface area contributed by atoms with Crippen molar-refractivity contribution in [1.29, 1.82) is 0 Å². The summed E-state index contributed by atoms with van der Waals surface area (Å²) in [4.78, 5) is 0. The van der Waals surface area contributed by atoms with Crippen LogP contribution < -0.4 is 5.32 Å². The van der Waals surface area contributed by atoms with Crippen LogP contribution in [-0.4, -0.2) is 38.1 Å². The normalized spacial score (nSPS) is 19.6. The summed E-state index contributed by atoms with van der Waals surface area (Å²) in [5.74, 6) is 0. The number of rotatable bonds is 5. The molecule has 0 radical (unpaired) electrons. The highest BCUT2D eigenvalue weighted by molar-refractivity contribution is 9.10. The van der Waals surface area contributed by atoms with Crippen molar-refractivity contribution < 1.29 is 8.42 Å². The Morgan fingerprint density at radius 2 is 2.05 bits per heavy atom. The summed E-state index contributed by atoms with van der Waals surface area (Å²) >= 11 is 3.51. The van der Waals surface area contributed by atoms with Crippen molar-refractivity contribution in [3.8, 4) is 0 Å². The minimum Gasteiger partial charge on any atom is -0.307 e. The summed E-state index contributed by atoms with van der Waals surface area (Å²) in [5, 5.41) is 3.68. The van der Waals surface area contributed by atoms with E-state index in [1.165, 1.54) is 11.8 Å². The van der Waals surface area contributed by atoms with Crippen molar-refractivity contribution >= 4 is 26.0 Å². The van der Waals surface area contributed by atoms with Gasteiger partial charge in [-0.15, -0.1) is 0 Å². The molecule has 2 rings (SSSR count). The Morgan fingerprint density at radius 3 is 2.57 bits per heavy atom. The molecule has 1 aliphatic heterocycles. The second-order valence-electron chi connectivity index (χ2n) is 5.62. The molecule has 1 aromatic rings. The number of nitrogens with one attached hydrogen (secondary N) is 1. The second-order valence-corrected chi connectivity index (χ2v) is 8.52. The van der Waals surface area contributed by atoms with E-state index in [0.29, 0.717) is 25.2 Å². The van der Waals surface area contributed by atoms with E-state index in [-0.39, 0.29) is 0 Å². The van der Waals surface area contributed by atoms with Gasteiger partial charge in [0, 0.05) is 29.6 Å². The van der Waals surface area contributed by atoms with Crippen LogP contribution in [0.3, 0.4) is 0 Å². The number of halogens is 1. The molecule has 1 aliphatic rings. The maximum absolute atomic E-state index is 11.5. The zero-order valence-corrected chi connectivity index (χ0v) is 15.0. The summed E-state index contributed by atoms with van der Waals surface area (Å²) in [6.45, 7) is 3.40. The highest BCUT2D eigenvalue weighted by Gasteiger charge is 2.26. The lowest BCUT2D eigenvalue weighted by Gasteiger charge is -2.33. The van der Waals surface area contributed by atoms with Crippen molar-refractivity contribution in [3.05, 3.63) is 34.3 Å². The Balaban J connectivity index is 1.95. The molecule has 1 N–H and O–H groups in total. The van der Waals surface area contributed by atoms with Gasteiger partial charge in [0.1, 0.15) is 0 Å². The Labute approximate surface area is 136 Å². The van der Waals surface area contributed by atoms with Crippen molar-refractivity contribution in [2.24, 2.45) is 0 Å². The maximum Gasteiger partial charge on any atom is 0.211 e. The van der Waals surface area contributed by atoms with E-state index < -0.39 is 10.0 Å². The number of hydrogen-bond donors (Lipinski definition) is 1. The lowest BCUT2D eigenvalue weighted by atomic mass is 10.00. The van der Waals surface area contributed by atoms with E-state index in [2.05, 4.69) is 46.4 Å². The van der Waals surface area contributed by atoms with Crippen molar-refractivity contribution in [2.75, 3.05) is 19.3 Å². The molecule has 1 saturated heterocycles. The van der Waals surface area contributed by atoms with Gasteiger partial charge < -0.3 is 5.32 Å². The van der Waals surface area contributed by atoms with Gasteiger partial charge in [0.05, 0.1) is 6.26 Å². The van der Waals surface area contributed by atoms with Crippen molar-refractivity contribution in [3.63, 3.8) is 0 Å². The molecule has 1 heterocycles. The Hall–Kier alpha value is -0.430. The van der Waals surface area contributed by atoms with Gasteiger partial charge in [-0.05, 0) is 37.0 Å². The molecule has 1 aromatic carbocycles. The number of benzene rings is 1. The number of piperidine rings is 1. The fraction of sp³-hybridized carbons (Fsp3) is 0.600. The SMILES string of the molecule is CCC(NC1CCN(S(C)(=O)=O)CC1)c1cccc(Br)c1. The molecule has 4 nitrogen and oxygen atoms in total. The average molecular weight is 375 g/mol. The van der Waals surface area contributed by atoms with Gasteiger partial charge >= 0.3 is 0 Å². The van der Waals surface area contributed by atoms with Gasteiger partial charge in [-0.25, -0.2) is 12.7 Å². The highest BCUT2D eigenvalue weighted by Crippen LogP contribution is 2.23. The third-order valence-corrected chi connectivity index (χ3v) is 5.82. The number of sulfonamides is 1. The molecule has 0 saturated carbocycles. The smallest absolute Gasteiger partial charge is 0.211 e. The topological polar surface area (TPSA) is 49.4 Å². The van der Waals surface area contributed by atoms with Crippen molar-refractivity contribution in [2.45, 2.75) is 38.3 Å². The Kier molecular flexibility index (Phi) is 5.82. The molecule has 118 valence electrons. The van der Waals surface area contributed by atoms with E-state index in [0.717, 1.165) is 23.7 Å². The van der Waals surface area contributed by atoms with Gasteiger partial charge in [-0.3, -0.25) is 0 Å². The predicted molar refractivity (Wildman–Crippen MR) is 89.7 cm³/mol. The Bertz CT molecular complexity index is 569. The largest absolute Gasteiger partial charge is 0.307 e. The standard InChI is InChI=1S/C15H23BrN2O2S/c1-3-15(12-5-4-6-13(16)11-12)17-14-7-9-18(10-8-14)21(2,19)20/h4-6,11,14-15,17H,3,7-10H2,1-2H3. The van der Waals surface area contributed by atoms with E-state index in [1.807, 2.05) is 6.07 Å². The maximum atomic E-state index is 11.5. The summed E-state index contributed by atoms with van der Waals surface area (Å²) in [7, 11) is -3.04. The van der Waals surface area contributed by atoms with Gasteiger partial charge in [0.2, 0.25) is 10.0 Å². The first-order chi connectivity index (χ1) is 9.90. The van der Waals surface area contributed by atoms with E-state index >= 15 is 0 Å². The molecule has 0 bridgehead atoms. The average Bonchev–Trinajstić information content (AvgIpc) is 2.44. The molecule has 21 heavy (non-hydrogen) atoms. The first kappa shape index (κ1) is 16.9. The van der Waals surface area contributed by atoms with Crippen LogP contribution in [0.25, 0.3) is 0 Å². The summed E-state index contributed by atoms with van der Waals surface area (Å²) < 4.78 is 25.7. The first-order valence-electron chi connectivity index (χ1n) is 7.36. The van der Waals surface area contributed by atoms with E-state index in [4.69, 9.17) is 0 Å². The quantitative estimate of drug-likeness (QED) is 0.861. The molecular formula is C15H23BrN2O2S. The van der Waals surface area contributed by atoms with E-state index in [1.54, 1.807) is 4.31 Å². The summed E-state index contributed by atoms with van der Waals surface area (Å²) in [6.07, 6.45) is 4.05. The fourth-order valence-electron chi connectivity index (χ4n) is 2.81. The van der Waals surface area contributed by atoms with E-state index in [9.17, 15) is 8.42 Å². The van der Waals surface area contributed by atoms with Crippen LogP contribution in [0.4, 0.5) is 0 Å². The lowest BCUT2D eigenvalue weighted by molar-refractivity contribution is 0.272. The van der Waals surface area contributed by atoms with Crippen LogP contribution >= 0.6 is 15.9 Å². The first-order valence-corrected chi connectivity index (χ1v) is 10.0. The Morgan fingerprint density at radius 1 is 1.38 bits per heavy atom. The minimum absolute atomic E-state index is 0.317. The van der Waals surface area contributed by atoms with Gasteiger partial charge in [-0.2, -0.15) is 0 Å². The van der Waals surface area contributed by atoms with Crippen LogP contribution in [0.2, 0.25) is 0 Å². The van der Waals surface area contributed by atoms with Gasteiger partial charge in [-0.1, -0.05) is 35.0 Å². The van der Waals surface area contributed by atoms with Crippen molar-refractivity contribution in [1.82, 2.24) is 9.62 Å².